The second kappa shape index (κ2) is 4.97. The molecule has 1 heterocycles. The van der Waals surface area contributed by atoms with Gasteiger partial charge in [-0.15, -0.1) is 0 Å². The van der Waals surface area contributed by atoms with Crippen LogP contribution in [0.3, 0.4) is 0 Å². The third-order valence-electron chi connectivity index (χ3n) is 2.70. The van der Waals surface area contributed by atoms with Crippen molar-refractivity contribution in [3.63, 3.8) is 0 Å². The zero-order chi connectivity index (χ0) is 13.2. The molecule has 3 nitrogen and oxygen atoms in total. The number of aromatic nitrogens is 1. The molecule has 98 valence electrons. The van der Waals surface area contributed by atoms with Gasteiger partial charge < -0.3 is 9.52 Å². The topological polar surface area (TPSA) is 46.3 Å². The zero-order valence-corrected chi connectivity index (χ0v) is 9.44. The molecule has 0 amide bonds. The monoisotopic (exact) mass is 259 g/mol. The third-order valence-corrected chi connectivity index (χ3v) is 2.70. The summed E-state index contributed by atoms with van der Waals surface area (Å²) in [6.45, 7) is -0.510. The molecule has 0 spiro atoms. The smallest absolute Gasteiger partial charge is 0.392 e. The van der Waals surface area contributed by atoms with Crippen molar-refractivity contribution in [1.82, 2.24) is 4.98 Å². The lowest BCUT2D eigenvalue weighted by Gasteiger charge is -2.17. The van der Waals surface area contributed by atoms with Crippen LogP contribution in [-0.4, -0.2) is 22.9 Å². The third kappa shape index (κ3) is 2.81. The number of alkyl halides is 3. The molecule has 1 N–H and O–H groups in total. The Hall–Kier alpha value is -1.56. The molecular weight excluding hydrogens is 247 g/mol. The molecule has 0 fully saturated rings. The maximum absolute atomic E-state index is 12.7. The predicted molar refractivity (Wildman–Crippen MR) is 59.0 cm³/mol. The lowest BCUT2D eigenvalue weighted by atomic mass is 10.0. The van der Waals surface area contributed by atoms with E-state index in [0.717, 1.165) is 0 Å². The van der Waals surface area contributed by atoms with Gasteiger partial charge in [0.15, 0.2) is 11.5 Å². The van der Waals surface area contributed by atoms with Crippen molar-refractivity contribution in [2.45, 2.75) is 19.0 Å². The van der Waals surface area contributed by atoms with Crippen LogP contribution in [0.5, 0.6) is 0 Å². The Kier molecular flexibility index (Phi) is 3.56. The van der Waals surface area contributed by atoms with Crippen molar-refractivity contribution in [2.24, 2.45) is 5.92 Å². The fourth-order valence-corrected chi connectivity index (χ4v) is 1.76. The SMILES string of the molecule is OCC[C@@H](Cc1nc2ccccc2o1)C(F)(F)F. The molecule has 0 saturated carbocycles. The van der Waals surface area contributed by atoms with Crippen LogP contribution >= 0.6 is 0 Å². The summed E-state index contributed by atoms with van der Waals surface area (Å²) < 4.78 is 43.3. The van der Waals surface area contributed by atoms with Gasteiger partial charge in [0.05, 0.1) is 5.92 Å². The van der Waals surface area contributed by atoms with Crippen LogP contribution in [0.4, 0.5) is 13.2 Å². The van der Waals surface area contributed by atoms with E-state index in [1.807, 2.05) is 0 Å². The van der Waals surface area contributed by atoms with E-state index in [4.69, 9.17) is 9.52 Å². The molecule has 0 aliphatic rings. The minimum absolute atomic E-state index is 0.0481. The number of fused-ring (bicyclic) bond motifs is 1. The average molecular weight is 259 g/mol. The maximum Gasteiger partial charge on any atom is 0.392 e. The fraction of sp³-hybridized carbons (Fsp3) is 0.417. The molecule has 0 bridgehead atoms. The van der Waals surface area contributed by atoms with E-state index in [1.165, 1.54) is 0 Å². The molecule has 18 heavy (non-hydrogen) atoms. The normalized spacial score (nSPS) is 14.0. The van der Waals surface area contributed by atoms with Gasteiger partial charge >= 0.3 is 6.18 Å². The quantitative estimate of drug-likeness (QED) is 0.918. The molecule has 0 unspecified atom stereocenters. The van der Waals surface area contributed by atoms with Gasteiger partial charge in [-0.3, -0.25) is 0 Å². The minimum atomic E-state index is -4.36. The Balaban J connectivity index is 2.20. The molecular formula is C12H12F3NO2. The summed E-state index contributed by atoms with van der Waals surface area (Å²) >= 11 is 0. The van der Waals surface area contributed by atoms with Crippen LogP contribution in [0.1, 0.15) is 12.3 Å². The van der Waals surface area contributed by atoms with Crippen LogP contribution in [0.25, 0.3) is 11.1 Å². The van der Waals surface area contributed by atoms with Gasteiger partial charge in [-0.2, -0.15) is 13.2 Å². The molecule has 1 aromatic carbocycles. The summed E-state index contributed by atoms with van der Waals surface area (Å²) in [7, 11) is 0. The van der Waals surface area contributed by atoms with Crippen molar-refractivity contribution in [1.29, 1.82) is 0 Å². The molecule has 1 atom stereocenters. The van der Waals surface area contributed by atoms with Crippen LogP contribution in [0.2, 0.25) is 0 Å². The van der Waals surface area contributed by atoms with Gasteiger partial charge in [-0.1, -0.05) is 12.1 Å². The van der Waals surface area contributed by atoms with Gasteiger partial charge in [-0.25, -0.2) is 4.98 Å². The average Bonchev–Trinajstić information content (AvgIpc) is 2.69. The van der Waals surface area contributed by atoms with E-state index < -0.39 is 18.7 Å². The standard InChI is InChI=1S/C12H12F3NO2/c13-12(14,15)8(5-6-17)7-11-16-9-3-1-2-4-10(9)18-11/h1-4,8,17H,5-7H2/t8-/m0/s1. The Morgan fingerprint density at radius 3 is 2.61 bits per heavy atom. The van der Waals surface area contributed by atoms with E-state index in [0.29, 0.717) is 11.1 Å². The summed E-state index contributed by atoms with van der Waals surface area (Å²) in [6.07, 6.45) is -5.05. The Morgan fingerprint density at radius 1 is 1.28 bits per heavy atom. The van der Waals surface area contributed by atoms with Crippen molar-refractivity contribution >= 4 is 11.1 Å². The highest BCUT2D eigenvalue weighted by Crippen LogP contribution is 2.32. The summed E-state index contributed by atoms with van der Waals surface area (Å²) in [5, 5.41) is 8.67. The van der Waals surface area contributed by atoms with Crippen LogP contribution < -0.4 is 0 Å². The number of para-hydroxylation sites is 2. The first-order valence-corrected chi connectivity index (χ1v) is 5.52. The number of nitrogens with zero attached hydrogens (tertiary/aromatic N) is 1. The highest BCUT2D eigenvalue weighted by atomic mass is 19.4. The van der Waals surface area contributed by atoms with Crippen LogP contribution in [0, 0.1) is 5.92 Å². The number of hydrogen-bond donors (Lipinski definition) is 1. The lowest BCUT2D eigenvalue weighted by molar-refractivity contribution is -0.178. The van der Waals surface area contributed by atoms with Crippen molar-refractivity contribution in [3.05, 3.63) is 30.2 Å². The van der Waals surface area contributed by atoms with E-state index in [9.17, 15) is 13.2 Å². The molecule has 0 aliphatic carbocycles. The number of aliphatic hydroxyl groups excluding tert-OH is 1. The number of aliphatic hydroxyl groups is 1. The molecule has 0 aliphatic heterocycles. The molecule has 0 radical (unpaired) electrons. The molecule has 6 heteroatoms. The van der Waals surface area contributed by atoms with Crippen molar-refractivity contribution in [2.75, 3.05) is 6.61 Å². The fourth-order valence-electron chi connectivity index (χ4n) is 1.76. The second-order valence-corrected chi connectivity index (χ2v) is 4.03. The van der Waals surface area contributed by atoms with Gasteiger partial charge in [-0.05, 0) is 18.6 Å². The predicted octanol–water partition coefficient (Wildman–Crippen LogP) is 2.93. The van der Waals surface area contributed by atoms with Crippen LogP contribution in [0.15, 0.2) is 28.7 Å². The van der Waals surface area contributed by atoms with E-state index >= 15 is 0 Å². The Morgan fingerprint density at radius 2 is 2.00 bits per heavy atom. The highest BCUT2D eigenvalue weighted by Gasteiger charge is 2.39. The largest absolute Gasteiger partial charge is 0.441 e. The van der Waals surface area contributed by atoms with Crippen LogP contribution in [-0.2, 0) is 6.42 Å². The lowest BCUT2D eigenvalue weighted by Crippen LogP contribution is -2.26. The van der Waals surface area contributed by atoms with Gasteiger partial charge in [0.2, 0.25) is 0 Å². The van der Waals surface area contributed by atoms with E-state index in [-0.39, 0.29) is 18.7 Å². The van der Waals surface area contributed by atoms with Gasteiger partial charge in [0.25, 0.3) is 0 Å². The van der Waals surface area contributed by atoms with E-state index in [2.05, 4.69) is 4.98 Å². The number of hydrogen-bond acceptors (Lipinski definition) is 3. The summed E-state index contributed by atoms with van der Waals surface area (Å²) in [5.41, 5.74) is 1.01. The minimum Gasteiger partial charge on any atom is -0.441 e. The Labute approximate surface area is 101 Å². The molecule has 1 aromatic heterocycles. The highest BCUT2D eigenvalue weighted by molar-refractivity contribution is 5.72. The first kappa shape index (κ1) is 12.9. The second-order valence-electron chi connectivity index (χ2n) is 4.03. The first-order chi connectivity index (χ1) is 8.50. The van der Waals surface area contributed by atoms with Gasteiger partial charge in [0, 0.05) is 13.0 Å². The van der Waals surface area contributed by atoms with E-state index in [1.54, 1.807) is 24.3 Å². The van der Waals surface area contributed by atoms with Crippen molar-refractivity contribution in [3.8, 4) is 0 Å². The zero-order valence-electron chi connectivity index (χ0n) is 9.44. The maximum atomic E-state index is 12.7. The van der Waals surface area contributed by atoms with Gasteiger partial charge in [0.1, 0.15) is 5.52 Å². The number of halogens is 3. The summed E-state index contributed by atoms with van der Waals surface area (Å²) in [4.78, 5) is 4.00. The number of benzene rings is 1. The molecule has 2 rings (SSSR count). The summed E-state index contributed by atoms with van der Waals surface area (Å²) in [5.74, 6) is -1.58. The molecule has 2 aromatic rings. The number of rotatable bonds is 4. The Bertz CT molecular complexity index is 488. The molecule has 0 saturated heterocycles. The number of oxazole rings is 1. The first-order valence-electron chi connectivity index (χ1n) is 5.52. The summed E-state index contributed by atoms with van der Waals surface area (Å²) in [6, 6.07) is 6.80. The van der Waals surface area contributed by atoms with Crippen molar-refractivity contribution < 1.29 is 22.7 Å².